The predicted molar refractivity (Wildman–Crippen MR) is 202 cm³/mol. The lowest BCUT2D eigenvalue weighted by Crippen LogP contribution is -2.15. The van der Waals surface area contributed by atoms with Crippen LogP contribution in [0.25, 0.3) is 78.3 Å². The topological polar surface area (TPSA) is 38.7 Å². The fourth-order valence-corrected chi connectivity index (χ4v) is 7.37. The summed E-state index contributed by atoms with van der Waals surface area (Å²) in [5, 5.41) is 2.32. The van der Waals surface area contributed by atoms with Gasteiger partial charge in [-0.1, -0.05) is 172 Å². The molecular weight excluding hydrogens is 595 g/mol. The molecule has 7 aromatic carbocycles. The number of hydrogen-bond acceptors (Lipinski definition) is 3. The molecule has 0 aliphatic heterocycles. The van der Waals surface area contributed by atoms with E-state index in [-0.39, 0.29) is 5.41 Å². The average Bonchev–Trinajstić information content (AvgIpc) is 3.40. The van der Waals surface area contributed by atoms with Crippen LogP contribution in [0.3, 0.4) is 0 Å². The van der Waals surface area contributed by atoms with Gasteiger partial charge >= 0.3 is 0 Å². The Kier molecular flexibility index (Phi) is 6.80. The average molecular weight is 628 g/mol. The van der Waals surface area contributed by atoms with Crippen LogP contribution in [0.5, 0.6) is 0 Å². The van der Waals surface area contributed by atoms with E-state index in [0.717, 1.165) is 33.2 Å². The minimum atomic E-state index is -0.163. The van der Waals surface area contributed by atoms with Gasteiger partial charge in [0.1, 0.15) is 0 Å². The van der Waals surface area contributed by atoms with E-state index in [0.29, 0.717) is 17.5 Å². The van der Waals surface area contributed by atoms with Crippen molar-refractivity contribution in [3.05, 3.63) is 175 Å². The number of benzene rings is 7. The number of fused-ring (bicyclic) bond motifs is 4. The van der Waals surface area contributed by atoms with E-state index in [1.807, 2.05) is 12.1 Å². The van der Waals surface area contributed by atoms with Crippen molar-refractivity contribution in [3.63, 3.8) is 0 Å². The van der Waals surface area contributed by atoms with Crippen LogP contribution in [0, 0.1) is 0 Å². The van der Waals surface area contributed by atoms with Gasteiger partial charge in [0.25, 0.3) is 0 Å². The zero-order valence-corrected chi connectivity index (χ0v) is 27.4. The second kappa shape index (κ2) is 11.5. The first kappa shape index (κ1) is 29.0. The number of hydrogen-bond donors (Lipinski definition) is 0. The fraction of sp³-hybridized carbons (Fsp3) is 0.0652. The highest BCUT2D eigenvalue weighted by Crippen LogP contribution is 2.54. The lowest BCUT2D eigenvalue weighted by molar-refractivity contribution is 0.661. The van der Waals surface area contributed by atoms with E-state index in [2.05, 4.69) is 166 Å². The van der Waals surface area contributed by atoms with Crippen LogP contribution in [0.15, 0.2) is 164 Å². The molecule has 8 aromatic rings. The highest BCUT2D eigenvalue weighted by Gasteiger charge is 2.38. The van der Waals surface area contributed by atoms with Crippen molar-refractivity contribution in [2.24, 2.45) is 0 Å². The Balaban J connectivity index is 1.28. The summed E-state index contributed by atoms with van der Waals surface area (Å²) in [5.74, 6) is 1.98. The Morgan fingerprint density at radius 1 is 0.367 bits per heavy atom. The summed E-state index contributed by atoms with van der Waals surface area (Å²) in [5.41, 5.74) is 12.5. The van der Waals surface area contributed by atoms with Crippen molar-refractivity contribution >= 4 is 10.8 Å². The monoisotopic (exact) mass is 627 g/mol. The normalized spacial score (nSPS) is 12.9. The number of nitrogens with zero attached hydrogens (tertiary/aromatic N) is 3. The number of aromatic nitrogens is 3. The third-order valence-corrected chi connectivity index (χ3v) is 9.95. The van der Waals surface area contributed by atoms with Gasteiger partial charge in [-0.05, 0) is 61.3 Å². The summed E-state index contributed by atoms with van der Waals surface area (Å²) in [4.78, 5) is 15.7. The molecule has 0 atom stereocenters. The largest absolute Gasteiger partial charge is 0.208 e. The quantitative estimate of drug-likeness (QED) is 0.191. The smallest absolute Gasteiger partial charge is 0.165 e. The molecule has 0 saturated carbocycles. The van der Waals surface area contributed by atoms with Crippen LogP contribution in [-0.4, -0.2) is 15.0 Å². The maximum absolute atomic E-state index is 5.29. The molecule has 0 radical (unpaired) electrons. The van der Waals surface area contributed by atoms with Crippen molar-refractivity contribution in [1.29, 1.82) is 0 Å². The highest BCUT2D eigenvalue weighted by atomic mass is 15.0. The first-order valence-electron chi connectivity index (χ1n) is 16.8. The zero-order valence-electron chi connectivity index (χ0n) is 27.4. The molecule has 232 valence electrons. The summed E-state index contributed by atoms with van der Waals surface area (Å²) in [7, 11) is 0. The molecular formula is C46H33N3. The lowest BCUT2D eigenvalue weighted by atomic mass is 9.81. The van der Waals surface area contributed by atoms with Crippen molar-refractivity contribution in [1.82, 2.24) is 15.0 Å². The van der Waals surface area contributed by atoms with Gasteiger partial charge in [0.05, 0.1) is 0 Å². The molecule has 1 aliphatic rings. The third kappa shape index (κ3) is 4.94. The summed E-state index contributed by atoms with van der Waals surface area (Å²) < 4.78 is 0. The van der Waals surface area contributed by atoms with E-state index in [1.165, 1.54) is 38.8 Å². The van der Waals surface area contributed by atoms with E-state index in [9.17, 15) is 0 Å². The first-order valence-corrected chi connectivity index (χ1v) is 16.8. The maximum Gasteiger partial charge on any atom is 0.165 e. The maximum atomic E-state index is 5.29. The van der Waals surface area contributed by atoms with Gasteiger partial charge in [0, 0.05) is 22.1 Å². The summed E-state index contributed by atoms with van der Waals surface area (Å²) >= 11 is 0. The molecule has 49 heavy (non-hydrogen) atoms. The Hall–Kier alpha value is -6.19. The van der Waals surface area contributed by atoms with Crippen LogP contribution in [-0.2, 0) is 5.41 Å². The van der Waals surface area contributed by atoms with Crippen LogP contribution in [0.2, 0.25) is 0 Å². The Labute approximate surface area is 286 Å². The molecule has 0 N–H and O–H groups in total. The highest BCUT2D eigenvalue weighted by molar-refractivity contribution is 6.07. The van der Waals surface area contributed by atoms with Crippen molar-refractivity contribution < 1.29 is 0 Å². The molecule has 3 nitrogen and oxygen atoms in total. The van der Waals surface area contributed by atoms with Gasteiger partial charge in [-0.25, -0.2) is 15.0 Å². The minimum Gasteiger partial charge on any atom is -0.208 e. The molecule has 0 fully saturated rings. The molecule has 1 aromatic heterocycles. The van der Waals surface area contributed by atoms with E-state index < -0.39 is 0 Å². The minimum absolute atomic E-state index is 0.163. The van der Waals surface area contributed by atoms with Crippen LogP contribution >= 0.6 is 0 Å². The van der Waals surface area contributed by atoms with Crippen LogP contribution < -0.4 is 0 Å². The van der Waals surface area contributed by atoms with Crippen LogP contribution in [0.1, 0.15) is 25.0 Å². The molecule has 0 unspecified atom stereocenters. The standard InChI is InChI=1S/C46H33N3/c1-46(2)39-20-12-11-19-38(39)41-40(46)29-36-17-9-10-18-37(36)42(41)45-48-43(34-25-21-32(22-26-34)30-13-5-3-6-14-30)47-44(49-45)35-27-23-33(24-28-35)31-15-7-4-8-16-31/h3-29H,1-2H3. The molecule has 9 rings (SSSR count). The van der Waals surface area contributed by atoms with Gasteiger partial charge in [-0.15, -0.1) is 0 Å². The molecule has 1 aliphatic carbocycles. The van der Waals surface area contributed by atoms with E-state index in [1.54, 1.807) is 0 Å². The van der Waals surface area contributed by atoms with Gasteiger partial charge in [0.15, 0.2) is 17.5 Å². The first-order chi connectivity index (χ1) is 24.0. The summed E-state index contributed by atoms with van der Waals surface area (Å²) in [6.07, 6.45) is 0. The molecule has 0 saturated heterocycles. The molecule has 1 heterocycles. The second-order valence-corrected chi connectivity index (χ2v) is 13.3. The third-order valence-electron chi connectivity index (χ3n) is 9.95. The van der Waals surface area contributed by atoms with Crippen LogP contribution in [0.4, 0.5) is 0 Å². The van der Waals surface area contributed by atoms with Crippen molar-refractivity contribution in [3.8, 4) is 67.5 Å². The van der Waals surface area contributed by atoms with E-state index >= 15 is 0 Å². The summed E-state index contributed by atoms with van der Waals surface area (Å²) in [6, 6.07) is 57.7. The summed E-state index contributed by atoms with van der Waals surface area (Å²) in [6.45, 7) is 4.64. The zero-order chi connectivity index (χ0) is 33.0. The SMILES string of the molecule is CC1(C)c2ccccc2-c2c1cc1ccccc1c2-c1nc(-c2ccc(-c3ccccc3)cc2)nc(-c2ccc(-c3ccccc3)cc2)n1. The molecule has 0 amide bonds. The molecule has 0 bridgehead atoms. The van der Waals surface area contributed by atoms with Crippen molar-refractivity contribution in [2.45, 2.75) is 19.3 Å². The van der Waals surface area contributed by atoms with Gasteiger partial charge in [-0.2, -0.15) is 0 Å². The lowest BCUT2D eigenvalue weighted by Gasteiger charge is -2.22. The second-order valence-electron chi connectivity index (χ2n) is 13.3. The van der Waals surface area contributed by atoms with E-state index in [4.69, 9.17) is 15.0 Å². The Bertz CT molecular complexity index is 2380. The molecule has 3 heteroatoms. The van der Waals surface area contributed by atoms with Crippen molar-refractivity contribution in [2.75, 3.05) is 0 Å². The van der Waals surface area contributed by atoms with Gasteiger partial charge < -0.3 is 0 Å². The molecule has 0 spiro atoms. The number of rotatable bonds is 5. The Morgan fingerprint density at radius 3 is 1.41 bits per heavy atom. The predicted octanol–water partition coefficient (Wildman–Crippen LogP) is 11.7. The Morgan fingerprint density at radius 2 is 0.816 bits per heavy atom. The van der Waals surface area contributed by atoms with Gasteiger partial charge in [-0.3, -0.25) is 0 Å². The van der Waals surface area contributed by atoms with Gasteiger partial charge in [0.2, 0.25) is 0 Å². The fourth-order valence-electron chi connectivity index (χ4n) is 7.37.